The van der Waals surface area contributed by atoms with Crippen molar-refractivity contribution < 1.29 is 19.0 Å². The molecule has 1 unspecified atom stereocenters. The van der Waals surface area contributed by atoms with Crippen molar-refractivity contribution in [3.63, 3.8) is 0 Å². The molecule has 0 heterocycles. The van der Waals surface area contributed by atoms with E-state index >= 15 is 0 Å². The number of hydrogen-bond donors (Lipinski definition) is 0. The smallest absolute Gasteiger partial charge is 0.338 e. The van der Waals surface area contributed by atoms with Gasteiger partial charge in [-0.3, -0.25) is 0 Å². The summed E-state index contributed by atoms with van der Waals surface area (Å²) < 4.78 is 16.6. The van der Waals surface area contributed by atoms with E-state index < -0.39 is 6.10 Å². The Labute approximate surface area is 184 Å². The van der Waals surface area contributed by atoms with Gasteiger partial charge in [0.15, 0.2) is 6.10 Å². The molecule has 0 aliphatic carbocycles. The van der Waals surface area contributed by atoms with Crippen molar-refractivity contribution in [2.75, 3.05) is 20.3 Å². The number of benzene rings is 3. The van der Waals surface area contributed by atoms with E-state index in [-0.39, 0.29) is 24.6 Å². The van der Waals surface area contributed by atoms with Gasteiger partial charge in [0, 0.05) is 12.5 Å². The van der Waals surface area contributed by atoms with Crippen molar-refractivity contribution in [1.29, 1.82) is 0 Å². The highest BCUT2D eigenvalue weighted by Crippen LogP contribution is 2.32. The monoisotopic (exact) mass is 418 g/mol. The molecule has 162 valence electrons. The standard InChI is InChI=1S/C27H30O4/c1-20-10-12-22(13-11-20)27(2,3)23-14-16-24(17-15-23)30-19-25(18-29-4)31-26(28)21-8-6-5-7-9-21/h5-17,25H,18-19H2,1-4H3. The minimum Gasteiger partial charge on any atom is -0.490 e. The van der Waals surface area contributed by atoms with Crippen LogP contribution in [0.4, 0.5) is 0 Å². The second-order valence-corrected chi connectivity index (χ2v) is 8.18. The van der Waals surface area contributed by atoms with Crippen LogP contribution >= 0.6 is 0 Å². The lowest BCUT2D eigenvalue weighted by molar-refractivity contribution is -0.00995. The maximum Gasteiger partial charge on any atom is 0.338 e. The number of ether oxygens (including phenoxy) is 3. The van der Waals surface area contributed by atoms with Crippen molar-refractivity contribution in [3.05, 3.63) is 101 Å². The average Bonchev–Trinajstić information content (AvgIpc) is 2.79. The summed E-state index contributed by atoms with van der Waals surface area (Å²) in [5, 5.41) is 0. The third kappa shape index (κ3) is 5.96. The van der Waals surface area contributed by atoms with Crippen LogP contribution in [-0.2, 0) is 14.9 Å². The van der Waals surface area contributed by atoms with Gasteiger partial charge in [0.05, 0.1) is 12.2 Å². The third-order valence-electron chi connectivity index (χ3n) is 5.42. The third-order valence-corrected chi connectivity index (χ3v) is 5.42. The number of rotatable bonds is 9. The van der Waals surface area contributed by atoms with Crippen molar-refractivity contribution in [3.8, 4) is 5.75 Å². The molecule has 3 rings (SSSR count). The first-order valence-corrected chi connectivity index (χ1v) is 10.5. The van der Waals surface area contributed by atoms with Gasteiger partial charge in [-0.25, -0.2) is 4.79 Å². The lowest BCUT2D eigenvalue weighted by Gasteiger charge is -2.26. The normalized spacial score (nSPS) is 12.3. The molecule has 0 aromatic heterocycles. The Morgan fingerprint density at radius 3 is 2.00 bits per heavy atom. The maximum absolute atomic E-state index is 12.3. The predicted octanol–water partition coefficient (Wildman–Crippen LogP) is 5.57. The summed E-state index contributed by atoms with van der Waals surface area (Å²) in [6, 6.07) is 25.6. The van der Waals surface area contributed by atoms with Crippen LogP contribution < -0.4 is 4.74 Å². The van der Waals surface area contributed by atoms with Crippen LogP contribution in [0, 0.1) is 6.92 Å². The van der Waals surface area contributed by atoms with Crippen LogP contribution in [0.1, 0.15) is 40.9 Å². The summed E-state index contributed by atoms with van der Waals surface area (Å²) in [4.78, 5) is 12.3. The quantitative estimate of drug-likeness (QED) is 0.426. The zero-order valence-corrected chi connectivity index (χ0v) is 18.6. The van der Waals surface area contributed by atoms with Gasteiger partial charge in [-0.15, -0.1) is 0 Å². The fourth-order valence-electron chi connectivity index (χ4n) is 3.39. The Bertz CT molecular complexity index is 960. The van der Waals surface area contributed by atoms with E-state index in [4.69, 9.17) is 14.2 Å². The minimum atomic E-state index is -0.499. The molecule has 0 aliphatic heterocycles. The van der Waals surface area contributed by atoms with Gasteiger partial charge in [-0.2, -0.15) is 0 Å². The molecule has 0 fully saturated rings. The first-order chi connectivity index (χ1) is 14.9. The van der Waals surface area contributed by atoms with E-state index in [0.29, 0.717) is 5.56 Å². The zero-order valence-electron chi connectivity index (χ0n) is 18.6. The van der Waals surface area contributed by atoms with Gasteiger partial charge in [-0.1, -0.05) is 74.0 Å². The molecule has 0 spiro atoms. The topological polar surface area (TPSA) is 44.8 Å². The Hall–Kier alpha value is -3.11. The molecule has 3 aromatic rings. The molecule has 4 nitrogen and oxygen atoms in total. The number of carbonyl (C=O) groups is 1. The predicted molar refractivity (Wildman–Crippen MR) is 123 cm³/mol. The van der Waals surface area contributed by atoms with Crippen LogP contribution in [0.2, 0.25) is 0 Å². The van der Waals surface area contributed by atoms with E-state index in [0.717, 1.165) is 5.75 Å². The van der Waals surface area contributed by atoms with Crippen molar-refractivity contribution in [1.82, 2.24) is 0 Å². The average molecular weight is 419 g/mol. The molecule has 3 aromatic carbocycles. The molecule has 0 saturated carbocycles. The summed E-state index contributed by atoms with van der Waals surface area (Å²) in [7, 11) is 1.57. The van der Waals surface area contributed by atoms with Gasteiger partial charge >= 0.3 is 5.97 Å². The fraction of sp³-hybridized carbons (Fsp3) is 0.296. The molecule has 0 bridgehead atoms. The van der Waals surface area contributed by atoms with E-state index in [1.54, 1.807) is 31.4 Å². The number of carbonyl (C=O) groups excluding carboxylic acids is 1. The molecule has 0 aliphatic rings. The molecule has 0 radical (unpaired) electrons. The van der Waals surface area contributed by atoms with Crippen LogP contribution in [0.15, 0.2) is 78.9 Å². The fourth-order valence-corrected chi connectivity index (χ4v) is 3.39. The van der Waals surface area contributed by atoms with Crippen molar-refractivity contribution >= 4 is 5.97 Å². The minimum absolute atomic E-state index is 0.115. The van der Waals surface area contributed by atoms with E-state index in [1.165, 1.54) is 16.7 Å². The van der Waals surface area contributed by atoms with Crippen LogP contribution in [0.5, 0.6) is 5.75 Å². The molecular weight excluding hydrogens is 388 g/mol. The van der Waals surface area contributed by atoms with Gasteiger partial charge < -0.3 is 14.2 Å². The lowest BCUT2D eigenvalue weighted by Crippen LogP contribution is -2.29. The van der Waals surface area contributed by atoms with Gasteiger partial charge in [0.2, 0.25) is 0 Å². The summed E-state index contributed by atoms with van der Waals surface area (Å²) in [5.41, 5.74) is 4.11. The molecule has 4 heteroatoms. The van der Waals surface area contributed by atoms with Crippen molar-refractivity contribution in [2.24, 2.45) is 0 Å². The van der Waals surface area contributed by atoms with E-state index in [9.17, 15) is 4.79 Å². The zero-order chi connectivity index (χ0) is 22.3. The number of aryl methyl sites for hydroxylation is 1. The van der Waals surface area contributed by atoms with E-state index in [1.807, 2.05) is 18.2 Å². The Morgan fingerprint density at radius 2 is 1.42 bits per heavy atom. The number of hydrogen-bond acceptors (Lipinski definition) is 4. The van der Waals surface area contributed by atoms with Crippen LogP contribution in [-0.4, -0.2) is 32.4 Å². The van der Waals surface area contributed by atoms with Gasteiger partial charge in [0.1, 0.15) is 12.4 Å². The Kier molecular flexibility index (Phi) is 7.48. The van der Waals surface area contributed by atoms with Gasteiger partial charge in [-0.05, 0) is 42.3 Å². The Balaban J connectivity index is 1.62. The second kappa shape index (κ2) is 10.3. The van der Waals surface area contributed by atoms with Gasteiger partial charge in [0.25, 0.3) is 0 Å². The Morgan fingerprint density at radius 1 is 0.839 bits per heavy atom. The molecule has 0 amide bonds. The second-order valence-electron chi connectivity index (χ2n) is 8.18. The molecule has 1 atom stereocenters. The summed E-state index contributed by atoms with van der Waals surface area (Å²) in [6.07, 6.45) is -0.499. The van der Waals surface area contributed by atoms with Crippen LogP contribution in [0.3, 0.4) is 0 Å². The molecular formula is C27H30O4. The first kappa shape index (κ1) is 22.6. The lowest BCUT2D eigenvalue weighted by atomic mass is 9.78. The first-order valence-electron chi connectivity index (χ1n) is 10.5. The highest BCUT2D eigenvalue weighted by atomic mass is 16.6. The van der Waals surface area contributed by atoms with Crippen molar-refractivity contribution in [2.45, 2.75) is 32.3 Å². The largest absolute Gasteiger partial charge is 0.490 e. The number of methoxy groups -OCH3 is 1. The molecule has 0 N–H and O–H groups in total. The maximum atomic E-state index is 12.3. The van der Waals surface area contributed by atoms with E-state index in [2.05, 4.69) is 57.2 Å². The van der Waals surface area contributed by atoms with Crippen LogP contribution in [0.25, 0.3) is 0 Å². The molecule has 0 saturated heterocycles. The number of esters is 1. The molecule has 31 heavy (non-hydrogen) atoms. The SMILES string of the molecule is COCC(COc1ccc(C(C)(C)c2ccc(C)cc2)cc1)OC(=O)c1ccccc1. The summed E-state index contributed by atoms with van der Waals surface area (Å²) in [6.45, 7) is 7.00. The summed E-state index contributed by atoms with van der Waals surface area (Å²) in [5.74, 6) is 0.335. The highest BCUT2D eigenvalue weighted by molar-refractivity contribution is 5.89. The summed E-state index contributed by atoms with van der Waals surface area (Å²) >= 11 is 0. The highest BCUT2D eigenvalue weighted by Gasteiger charge is 2.23.